The Bertz CT molecular complexity index is 625. The Morgan fingerprint density at radius 3 is 2.48 bits per heavy atom. The SMILES string of the molecule is COCC(C)(C)NS(=O)(=O)c1ccc(N)cc1C(=O)OC. The van der Waals surface area contributed by atoms with Gasteiger partial charge in [0.25, 0.3) is 0 Å². The number of nitrogens with one attached hydrogen (secondary N) is 1. The number of carbonyl (C=O) groups is 1. The van der Waals surface area contributed by atoms with Crippen molar-refractivity contribution in [3.8, 4) is 0 Å². The fourth-order valence-electron chi connectivity index (χ4n) is 1.86. The molecule has 0 fully saturated rings. The number of ether oxygens (including phenoxy) is 2. The Kier molecular flexibility index (Phi) is 5.32. The molecule has 0 saturated carbocycles. The molecule has 0 aliphatic heterocycles. The summed E-state index contributed by atoms with van der Waals surface area (Å²) in [6.07, 6.45) is 0. The monoisotopic (exact) mass is 316 g/mol. The van der Waals surface area contributed by atoms with E-state index >= 15 is 0 Å². The largest absolute Gasteiger partial charge is 0.465 e. The molecule has 0 saturated heterocycles. The molecule has 0 radical (unpaired) electrons. The first kappa shape index (κ1) is 17.4. The maximum absolute atomic E-state index is 12.5. The molecule has 0 atom stereocenters. The summed E-state index contributed by atoms with van der Waals surface area (Å²) in [7, 11) is -1.29. The summed E-state index contributed by atoms with van der Waals surface area (Å²) in [6.45, 7) is 3.51. The van der Waals surface area contributed by atoms with Gasteiger partial charge in [-0.25, -0.2) is 17.9 Å². The van der Waals surface area contributed by atoms with Crippen LogP contribution in [-0.4, -0.2) is 40.8 Å². The minimum atomic E-state index is -3.93. The second-order valence-corrected chi connectivity index (χ2v) is 6.82. The summed E-state index contributed by atoms with van der Waals surface area (Å²) in [6, 6.07) is 3.95. The lowest BCUT2D eigenvalue weighted by Gasteiger charge is -2.25. The molecule has 3 N–H and O–H groups in total. The van der Waals surface area contributed by atoms with Crippen molar-refractivity contribution in [2.45, 2.75) is 24.3 Å². The van der Waals surface area contributed by atoms with Crippen LogP contribution in [-0.2, 0) is 19.5 Å². The van der Waals surface area contributed by atoms with Crippen LogP contribution in [0.15, 0.2) is 23.1 Å². The molecule has 0 spiro atoms. The van der Waals surface area contributed by atoms with Gasteiger partial charge in [0.1, 0.15) is 0 Å². The van der Waals surface area contributed by atoms with Crippen molar-refractivity contribution in [1.82, 2.24) is 4.72 Å². The van der Waals surface area contributed by atoms with Crippen LogP contribution in [0.5, 0.6) is 0 Å². The molecule has 1 aromatic rings. The lowest BCUT2D eigenvalue weighted by atomic mass is 10.1. The maximum atomic E-state index is 12.5. The van der Waals surface area contributed by atoms with Crippen LogP contribution in [0, 0.1) is 0 Å². The van der Waals surface area contributed by atoms with Crippen LogP contribution in [0.3, 0.4) is 0 Å². The number of benzene rings is 1. The summed E-state index contributed by atoms with van der Waals surface area (Å²) in [5, 5.41) is 0. The normalized spacial score (nSPS) is 12.2. The Labute approximate surface area is 124 Å². The summed E-state index contributed by atoms with van der Waals surface area (Å²) >= 11 is 0. The predicted octanol–water partition coefficient (Wildman–Crippen LogP) is 0.759. The van der Waals surface area contributed by atoms with Gasteiger partial charge in [-0.05, 0) is 32.0 Å². The van der Waals surface area contributed by atoms with Gasteiger partial charge in [-0.15, -0.1) is 0 Å². The van der Waals surface area contributed by atoms with E-state index in [1.165, 1.54) is 32.4 Å². The van der Waals surface area contributed by atoms with E-state index in [1.54, 1.807) is 13.8 Å². The van der Waals surface area contributed by atoms with Crippen molar-refractivity contribution in [2.75, 3.05) is 26.6 Å². The molecule has 118 valence electrons. The fraction of sp³-hybridized carbons (Fsp3) is 0.462. The highest BCUT2D eigenvalue weighted by Crippen LogP contribution is 2.21. The number of methoxy groups -OCH3 is 2. The van der Waals surface area contributed by atoms with Crippen LogP contribution in [0.2, 0.25) is 0 Å². The minimum Gasteiger partial charge on any atom is -0.465 e. The number of nitrogen functional groups attached to an aromatic ring is 1. The Hall–Kier alpha value is -1.64. The van der Waals surface area contributed by atoms with Crippen molar-refractivity contribution in [3.63, 3.8) is 0 Å². The molecular formula is C13H20N2O5S. The van der Waals surface area contributed by atoms with Gasteiger partial charge in [0, 0.05) is 12.8 Å². The number of rotatable bonds is 6. The lowest BCUT2D eigenvalue weighted by molar-refractivity contribution is 0.0596. The van der Waals surface area contributed by atoms with Gasteiger partial charge in [-0.3, -0.25) is 0 Å². The highest BCUT2D eigenvalue weighted by molar-refractivity contribution is 7.89. The number of esters is 1. The Morgan fingerprint density at radius 1 is 1.33 bits per heavy atom. The van der Waals surface area contributed by atoms with Crippen molar-refractivity contribution < 1.29 is 22.7 Å². The van der Waals surface area contributed by atoms with Crippen molar-refractivity contribution in [2.24, 2.45) is 0 Å². The Balaban J connectivity index is 3.29. The molecule has 1 aromatic carbocycles. The predicted molar refractivity (Wildman–Crippen MR) is 78.5 cm³/mol. The summed E-state index contributed by atoms with van der Waals surface area (Å²) < 4.78 is 37.0. The van der Waals surface area contributed by atoms with Gasteiger partial charge < -0.3 is 15.2 Å². The van der Waals surface area contributed by atoms with E-state index in [9.17, 15) is 13.2 Å². The minimum absolute atomic E-state index is 0.113. The molecule has 21 heavy (non-hydrogen) atoms. The van der Waals surface area contributed by atoms with E-state index < -0.39 is 21.5 Å². The number of hydrogen-bond acceptors (Lipinski definition) is 6. The third-order valence-electron chi connectivity index (χ3n) is 2.61. The van der Waals surface area contributed by atoms with Gasteiger partial charge >= 0.3 is 5.97 Å². The average Bonchev–Trinajstić information content (AvgIpc) is 2.35. The summed E-state index contributed by atoms with van der Waals surface area (Å²) in [5.74, 6) is -0.771. The molecule has 0 amide bonds. The summed E-state index contributed by atoms with van der Waals surface area (Å²) in [4.78, 5) is 11.5. The van der Waals surface area contributed by atoms with Gasteiger partial charge in [0.2, 0.25) is 10.0 Å². The summed E-state index contributed by atoms with van der Waals surface area (Å²) in [5.41, 5.74) is 4.92. The molecule has 7 nitrogen and oxygen atoms in total. The van der Waals surface area contributed by atoms with Gasteiger partial charge in [0.15, 0.2) is 0 Å². The first-order valence-corrected chi connectivity index (χ1v) is 7.62. The zero-order valence-electron chi connectivity index (χ0n) is 12.5. The fourth-order valence-corrected chi connectivity index (χ4v) is 3.44. The quantitative estimate of drug-likeness (QED) is 0.592. The zero-order valence-corrected chi connectivity index (χ0v) is 13.3. The van der Waals surface area contributed by atoms with Crippen LogP contribution in [0.1, 0.15) is 24.2 Å². The average molecular weight is 316 g/mol. The molecule has 0 heterocycles. The molecule has 0 aromatic heterocycles. The topological polar surface area (TPSA) is 108 Å². The first-order chi connectivity index (χ1) is 9.63. The van der Waals surface area contributed by atoms with Crippen LogP contribution in [0.4, 0.5) is 5.69 Å². The maximum Gasteiger partial charge on any atom is 0.339 e. The van der Waals surface area contributed by atoms with Gasteiger partial charge in [-0.2, -0.15) is 0 Å². The van der Waals surface area contributed by atoms with E-state index in [-0.39, 0.29) is 22.8 Å². The number of anilines is 1. The van der Waals surface area contributed by atoms with Crippen molar-refractivity contribution in [3.05, 3.63) is 23.8 Å². The molecule has 0 unspecified atom stereocenters. The van der Waals surface area contributed by atoms with Gasteiger partial charge in [-0.1, -0.05) is 0 Å². The smallest absolute Gasteiger partial charge is 0.339 e. The highest BCUT2D eigenvalue weighted by Gasteiger charge is 2.29. The van der Waals surface area contributed by atoms with E-state index in [2.05, 4.69) is 9.46 Å². The third-order valence-corrected chi connectivity index (χ3v) is 4.37. The second-order valence-electron chi connectivity index (χ2n) is 5.17. The van der Waals surface area contributed by atoms with E-state index in [4.69, 9.17) is 10.5 Å². The zero-order chi connectivity index (χ0) is 16.3. The van der Waals surface area contributed by atoms with Crippen molar-refractivity contribution in [1.29, 1.82) is 0 Å². The molecular weight excluding hydrogens is 296 g/mol. The highest BCUT2D eigenvalue weighted by atomic mass is 32.2. The molecule has 0 aliphatic carbocycles. The molecule has 8 heteroatoms. The lowest BCUT2D eigenvalue weighted by Crippen LogP contribution is -2.46. The number of carbonyl (C=O) groups excluding carboxylic acids is 1. The van der Waals surface area contributed by atoms with E-state index in [0.29, 0.717) is 0 Å². The molecule has 1 rings (SSSR count). The third kappa shape index (κ3) is 4.42. The molecule has 0 bridgehead atoms. The number of sulfonamides is 1. The van der Waals surface area contributed by atoms with Crippen LogP contribution >= 0.6 is 0 Å². The van der Waals surface area contributed by atoms with Crippen LogP contribution in [0.25, 0.3) is 0 Å². The van der Waals surface area contributed by atoms with E-state index in [0.717, 1.165) is 0 Å². The second kappa shape index (κ2) is 6.42. The van der Waals surface area contributed by atoms with E-state index in [1.807, 2.05) is 0 Å². The van der Waals surface area contributed by atoms with Crippen LogP contribution < -0.4 is 10.5 Å². The number of nitrogens with two attached hydrogens (primary N) is 1. The first-order valence-electron chi connectivity index (χ1n) is 6.14. The van der Waals surface area contributed by atoms with Crippen molar-refractivity contribution >= 4 is 21.7 Å². The Morgan fingerprint density at radius 2 is 1.95 bits per heavy atom. The standard InChI is InChI=1S/C13H20N2O5S/c1-13(2,8-19-3)15-21(17,18)11-6-5-9(14)7-10(11)12(16)20-4/h5-7,15H,8,14H2,1-4H3. The van der Waals surface area contributed by atoms with Gasteiger partial charge in [0.05, 0.1) is 29.7 Å². The number of hydrogen-bond donors (Lipinski definition) is 2. The molecule has 0 aliphatic rings.